The van der Waals surface area contributed by atoms with Gasteiger partial charge in [-0.1, -0.05) is 134 Å². The van der Waals surface area contributed by atoms with Gasteiger partial charge in [0.2, 0.25) is 0 Å². The van der Waals surface area contributed by atoms with Gasteiger partial charge in [-0.25, -0.2) is 0 Å². The first-order valence-corrected chi connectivity index (χ1v) is 19.9. The smallest absolute Gasteiger partial charge is 0.313 e. The largest absolute Gasteiger partial charge is 0.389 e. The Morgan fingerprint density at radius 1 is 0.896 bits per heavy atom. The second kappa shape index (κ2) is 27.8. The van der Waals surface area contributed by atoms with Crippen LogP contribution in [0.3, 0.4) is 0 Å². The number of nitroso groups, excluding NO2 is 1. The summed E-state index contributed by atoms with van der Waals surface area (Å²) in [5, 5.41) is 11.7. The molecule has 274 valence electrons. The zero-order valence-corrected chi connectivity index (χ0v) is 30.8. The summed E-state index contributed by atoms with van der Waals surface area (Å²) in [5.74, 6) is 0.413. The van der Waals surface area contributed by atoms with Gasteiger partial charge in [-0.05, 0) is 68.9 Å². The Bertz CT molecular complexity index is 962. The van der Waals surface area contributed by atoms with Gasteiger partial charge in [0.15, 0.2) is 5.78 Å². The number of carbonyl (C=O) groups excluding carboxylic acids is 2. The van der Waals surface area contributed by atoms with Crippen molar-refractivity contribution < 1.29 is 19.4 Å². The van der Waals surface area contributed by atoms with E-state index in [1.165, 1.54) is 109 Å². The Balaban J connectivity index is 2.19. The van der Waals surface area contributed by atoms with Crippen LogP contribution < -0.4 is 0 Å². The fourth-order valence-corrected chi connectivity index (χ4v) is 7.23. The topological polar surface area (TPSA) is 96.3 Å². The molecule has 7 heteroatoms. The van der Waals surface area contributed by atoms with Crippen LogP contribution in [0, 0.1) is 16.7 Å². The number of rotatable bonds is 24. The molecule has 1 fully saturated rings. The second-order valence-electron chi connectivity index (χ2n) is 14.5. The van der Waals surface area contributed by atoms with E-state index in [1.54, 1.807) is 6.08 Å². The van der Waals surface area contributed by atoms with Gasteiger partial charge in [0.05, 0.1) is 6.10 Å². The van der Waals surface area contributed by atoms with E-state index < -0.39 is 5.91 Å². The van der Waals surface area contributed by atoms with Crippen LogP contribution in [0.15, 0.2) is 40.6 Å². The predicted molar refractivity (Wildman–Crippen MR) is 199 cm³/mol. The first-order valence-electron chi connectivity index (χ1n) is 19.9. The molecule has 0 bridgehead atoms. The molecule has 7 nitrogen and oxygen atoms in total. The molecule has 1 amide bonds. The van der Waals surface area contributed by atoms with Crippen LogP contribution >= 0.6 is 0 Å². The van der Waals surface area contributed by atoms with Crippen molar-refractivity contribution in [3.63, 3.8) is 0 Å². The van der Waals surface area contributed by atoms with Crippen molar-refractivity contribution in [3.05, 3.63) is 40.4 Å². The summed E-state index contributed by atoms with van der Waals surface area (Å²) >= 11 is 0. The van der Waals surface area contributed by atoms with Gasteiger partial charge in [-0.15, -0.1) is 4.91 Å². The summed E-state index contributed by atoms with van der Waals surface area (Å²) in [7, 11) is 0. The number of amides is 1. The fraction of sp³-hybridized carbons (Fsp3) is 0.805. The molecular weight excluding hydrogens is 600 g/mol. The quantitative estimate of drug-likeness (QED) is 0.0811. The summed E-state index contributed by atoms with van der Waals surface area (Å²) in [6.45, 7) is 7.83. The van der Waals surface area contributed by atoms with Gasteiger partial charge in [0, 0.05) is 36.9 Å². The maximum atomic E-state index is 11.9. The van der Waals surface area contributed by atoms with Gasteiger partial charge in [-0.2, -0.15) is 0 Å². The van der Waals surface area contributed by atoms with Gasteiger partial charge in [0.25, 0.3) is 0 Å². The number of ketones is 1. The van der Waals surface area contributed by atoms with Crippen LogP contribution in [0.5, 0.6) is 0 Å². The van der Waals surface area contributed by atoms with Crippen LogP contribution in [0.25, 0.3) is 0 Å². The van der Waals surface area contributed by atoms with Crippen molar-refractivity contribution in [2.45, 2.75) is 168 Å². The SMILES string of the molecule is CCCCCCCC(CC)COC(CN(CCCCCC(=O)CO)CCC1=CC=C(C(=O)N=O)CC=C1)C1CCCCCCCCCC1. The minimum atomic E-state index is -0.689. The third kappa shape index (κ3) is 19.3. The normalized spacial score (nSPS) is 18.0. The molecule has 2 unspecified atom stereocenters. The molecule has 0 spiro atoms. The molecular formula is C41H70N2O5. The highest BCUT2D eigenvalue weighted by molar-refractivity contribution is 5.94. The lowest BCUT2D eigenvalue weighted by Gasteiger charge is -2.34. The zero-order chi connectivity index (χ0) is 34.7. The molecule has 1 saturated carbocycles. The van der Waals surface area contributed by atoms with Gasteiger partial charge in [0.1, 0.15) is 6.61 Å². The van der Waals surface area contributed by atoms with Gasteiger partial charge < -0.3 is 14.7 Å². The van der Waals surface area contributed by atoms with Crippen LogP contribution in [0.4, 0.5) is 0 Å². The number of aliphatic hydroxyl groups is 1. The predicted octanol–water partition coefficient (Wildman–Crippen LogP) is 10.2. The third-order valence-electron chi connectivity index (χ3n) is 10.6. The Hall–Kier alpha value is -1.96. The third-order valence-corrected chi connectivity index (χ3v) is 10.6. The number of unbranched alkanes of at least 4 members (excludes halogenated alkanes) is 6. The van der Waals surface area contributed by atoms with Gasteiger partial charge in [-0.3, -0.25) is 9.59 Å². The lowest BCUT2D eigenvalue weighted by molar-refractivity contribution is -0.121. The minimum Gasteiger partial charge on any atom is -0.389 e. The van der Waals surface area contributed by atoms with Crippen LogP contribution in [-0.4, -0.2) is 60.6 Å². The number of nitrogens with zero attached hydrogens (tertiary/aromatic N) is 2. The molecule has 2 atom stereocenters. The maximum absolute atomic E-state index is 11.9. The van der Waals surface area contributed by atoms with Gasteiger partial charge >= 0.3 is 5.91 Å². The van der Waals surface area contributed by atoms with Crippen LogP contribution in [0.1, 0.15) is 162 Å². The van der Waals surface area contributed by atoms with E-state index in [4.69, 9.17) is 9.84 Å². The minimum absolute atomic E-state index is 0.0780. The number of hydrogen-bond acceptors (Lipinski definition) is 6. The number of allylic oxidation sites excluding steroid dienone is 4. The van der Waals surface area contributed by atoms with Crippen molar-refractivity contribution in [1.29, 1.82) is 0 Å². The van der Waals surface area contributed by atoms with Crippen LogP contribution in [-0.2, 0) is 14.3 Å². The van der Waals surface area contributed by atoms with Crippen molar-refractivity contribution in [2.24, 2.45) is 17.0 Å². The van der Waals surface area contributed by atoms with E-state index in [1.807, 2.05) is 12.2 Å². The van der Waals surface area contributed by atoms with Crippen molar-refractivity contribution in [2.75, 3.05) is 32.8 Å². The van der Waals surface area contributed by atoms with E-state index in [0.717, 1.165) is 57.5 Å². The molecule has 48 heavy (non-hydrogen) atoms. The van der Waals surface area contributed by atoms with E-state index in [-0.39, 0.29) is 18.5 Å². The lowest BCUT2D eigenvalue weighted by atomic mass is 9.89. The summed E-state index contributed by atoms with van der Waals surface area (Å²) < 4.78 is 7.05. The number of hydrogen-bond donors (Lipinski definition) is 1. The Labute approximate surface area is 293 Å². The highest BCUT2D eigenvalue weighted by Gasteiger charge is 2.26. The molecule has 0 radical (unpaired) electrons. The summed E-state index contributed by atoms with van der Waals surface area (Å²) in [6, 6.07) is 0. The average molecular weight is 671 g/mol. The summed E-state index contributed by atoms with van der Waals surface area (Å²) in [5.41, 5.74) is 1.57. The highest BCUT2D eigenvalue weighted by Crippen LogP contribution is 2.28. The molecule has 0 aromatic rings. The molecule has 0 saturated heterocycles. The van der Waals surface area contributed by atoms with Crippen LogP contribution in [0.2, 0.25) is 0 Å². The molecule has 0 aliphatic heterocycles. The molecule has 1 N–H and O–H groups in total. The second-order valence-corrected chi connectivity index (χ2v) is 14.5. The fourth-order valence-electron chi connectivity index (χ4n) is 7.23. The Morgan fingerprint density at radius 3 is 2.25 bits per heavy atom. The summed E-state index contributed by atoms with van der Waals surface area (Å²) in [6.07, 6.45) is 34.6. The number of aliphatic hydroxyl groups excluding tert-OH is 1. The van der Waals surface area contributed by atoms with E-state index >= 15 is 0 Å². The molecule has 2 aliphatic rings. The van der Waals surface area contributed by atoms with E-state index in [9.17, 15) is 14.5 Å². The van der Waals surface area contributed by atoms with E-state index in [0.29, 0.717) is 30.3 Å². The number of carbonyl (C=O) groups is 2. The molecule has 0 aromatic carbocycles. The average Bonchev–Trinajstić information content (AvgIpc) is 3.38. The molecule has 0 aromatic heterocycles. The molecule has 2 rings (SSSR count). The maximum Gasteiger partial charge on any atom is 0.313 e. The molecule has 0 heterocycles. The Kier molecular flexibility index (Phi) is 24.5. The summed E-state index contributed by atoms with van der Waals surface area (Å²) in [4.78, 5) is 36.9. The van der Waals surface area contributed by atoms with Crippen molar-refractivity contribution in [1.82, 2.24) is 4.90 Å². The highest BCUT2D eigenvalue weighted by atomic mass is 16.5. The first kappa shape index (κ1) is 42.2. The first-order chi connectivity index (χ1) is 23.5. The standard InChI is InChI=1S/C41H70N2O5/c1-3-5-6-11-15-21-35(4-2)34-48-40(37-23-16-12-9-7-8-10-13-17-24-37)32-43(30-19-14-18-26-39(45)33-44)31-29-36-22-20-25-38(28-27-36)41(46)42-47/h20,22,27-28,35,37,40,44H,3-19,21,23-26,29-34H2,1-2H3. The van der Waals surface area contributed by atoms with E-state index in [2.05, 4.69) is 30.0 Å². The van der Waals surface area contributed by atoms with Crippen molar-refractivity contribution in [3.8, 4) is 0 Å². The Morgan fingerprint density at radius 2 is 1.58 bits per heavy atom. The zero-order valence-electron chi connectivity index (χ0n) is 30.8. The number of ether oxygens (including phenoxy) is 1. The van der Waals surface area contributed by atoms with Crippen molar-refractivity contribution >= 4 is 11.7 Å². The monoisotopic (exact) mass is 671 g/mol. The molecule has 2 aliphatic carbocycles. The number of Topliss-reactive ketones (excluding diaryl/α,β-unsaturated/α-hetero) is 1. The lowest BCUT2D eigenvalue weighted by Crippen LogP contribution is -2.40.